The van der Waals surface area contributed by atoms with Gasteiger partial charge >= 0.3 is 12.2 Å². The number of rotatable bonds is 6. The SMILES string of the molecule is CCNCc1nnc(NCc2ccccc2C(F)(F)F)o1. The molecule has 0 atom stereocenters. The molecular weight excluding hydrogens is 285 g/mol. The Hall–Kier alpha value is -2.09. The van der Waals surface area contributed by atoms with Gasteiger partial charge in [-0.15, -0.1) is 5.10 Å². The number of benzene rings is 1. The van der Waals surface area contributed by atoms with Crippen molar-refractivity contribution in [2.45, 2.75) is 26.2 Å². The number of alkyl halides is 3. The molecule has 0 aliphatic rings. The van der Waals surface area contributed by atoms with Crippen LogP contribution in [0.3, 0.4) is 0 Å². The molecule has 0 aliphatic heterocycles. The van der Waals surface area contributed by atoms with Gasteiger partial charge < -0.3 is 15.1 Å². The van der Waals surface area contributed by atoms with Crippen LogP contribution < -0.4 is 10.6 Å². The number of nitrogens with zero attached hydrogens (tertiary/aromatic N) is 2. The third-order valence-electron chi connectivity index (χ3n) is 2.75. The van der Waals surface area contributed by atoms with Crippen molar-refractivity contribution in [3.8, 4) is 0 Å². The van der Waals surface area contributed by atoms with Gasteiger partial charge in [0.25, 0.3) is 0 Å². The molecule has 0 fully saturated rings. The van der Waals surface area contributed by atoms with Crippen LogP contribution in [0.5, 0.6) is 0 Å². The van der Waals surface area contributed by atoms with E-state index in [2.05, 4.69) is 20.8 Å². The van der Waals surface area contributed by atoms with Crippen LogP contribution >= 0.6 is 0 Å². The summed E-state index contributed by atoms with van der Waals surface area (Å²) in [6.45, 7) is 3.07. The van der Waals surface area contributed by atoms with Gasteiger partial charge in [-0.05, 0) is 18.2 Å². The van der Waals surface area contributed by atoms with Gasteiger partial charge in [-0.2, -0.15) is 13.2 Å². The van der Waals surface area contributed by atoms with Gasteiger partial charge in [0, 0.05) is 6.54 Å². The molecule has 8 heteroatoms. The molecule has 2 aromatic rings. The van der Waals surface area contributed by atoms with Gasteiger partial charge in [0.05, 0.1) is 12.1 Å². The quantitative estimate of drug-likeness (QED) is 0.859. The first-order chi connectivity index (χ1) is 10.0. The standard InChI is InChI=1S/C13H15F3N4O/c1-2-17-8-11-19-20-12(21-11)18-7-9-5-3-4-6-10(9)13(14,15)16/h3-6,17H,2,7-8H2,1H3,(H,18,20). The van der Waals surface area contributed by atoms with Crippen LogP contribution in [0.2, 0.25) is 0 Å². The first-order valence-electron chi connectivity index (χ1n) is 6.42. The largest absolute Gasteiger partial charge is 0.416 e. The second-order valence-corrected chi connectivity index (χ2v) is 4.29. The Balaban J connectivity index is 2.02. The van der Waals surface area contributed by atoms with Gasteiger partial charge in [0.15, 0.2) is 0 Å². The van der Waals surface area contributed by atoms with Crippen molar-refractivity contribution < 1.29 is 17.6 Å². The third-order valence-corrected chi connectivity index (χ3v) is 2.75. The third kappa shape index (κ3) is 4.19. The van der Waals surface area contributed by atoms with Crippen molar-refractivity contribution in [3.05, 3.63) is 41.3 Å². The monoisotopic (exact) mass is 300 g/mol. The highest BCUT2D eigenvalue weighted by Crippen LogP contribution is 2.32. The molecule has 0 radical (unpaired) electrons. The van der Waals surface area contributed by atoms with E-state index in [1.54, 1.807) is 6.07 Å². The summed E-state index contributed by atoms with van der Waals surface area (Å²) in [4.78, 5) is 0. The molecule has 2 rings (SSSR count). The van der Waals surface area contributed by atoms with Crippen molar-refractivity contribution in [1.29, 1.82) is 0 Å². The van der Waals surface area contributed by atoms with E-state index in [-0.39, 0.29) is 18.1 Å². The van der Waals surface area contributed by atoms with Crippen molar-refractivity contribution in [2.24, 2.45) is 0 Å². The summed E-state index contributed by atoms with van der Waals surface area (Å²) in [5.41, 5.74) is -0.554. The number of hydrogen-bond donors (Lipinski definition) is 2. The lowest BCUT2D eigenvalue weighted by atomic mass is 10.1. The summed E-state index contributed by atoms with van der Waals surface area (Å²) >= 11 is 0. The molecule has 2 N–H and O–H groups in total. The normalized spacial score (nSPS) is 11.6. The van der Waals surface area contributed by atoms with Crippen molar-refractivity contribution in [1.82, 2.24) is 15.5 Å². The van der Waals surface area contributed by atoms with Gasteiger partial charge in [0.1, 0.15) is 0 Å². The zero-order valence-electron chi connectivity index (χ0n) is 11.4. The van der Waals surface area contributed by atoms with Gasteiger partial charge in [-0.3, -0.25) is 0 Å². The van der Waals surface area contributed by atoms with Gasteiger partial charge in [-0.1, -0.05) is 30.2 Å². The van der Waals surface area contributed by atoms with E-state index in [0.717, 1.165) is 12.6 Å². The van der Waals surface area contributed by atoms with E-state index in [4.69, 9.17) is 4.42 Å². The summed E-state index contributed by atoms with van der Waals surface area (Å²) < 4.78 is 43.7. The van der Waals surface area contributed by atoms with E-state index in [1.807, 2.05) is 6.92 Å². The predicted octanol–water partition coefficient (Wildman–Crippen LogP) is 2.81. The molecule has 21 heavy (non-hydrogen) atoms. The second-order valence-electron chi connectivity index (χ2n) is 4.29. The average Bonchev–Trinajstić information content (AvgIpc) is 2.90. The lowest BCUT2D eigenvalue weighted by molar-refractivity contribution is -0.138. The van der Waals surface area contributed by atoms with E-state index in [0.29, 0.717) is 12.4 Å². The van der Waals surface area contributed by atoms with E-state index < -0.39 is 11.7 Å². The van der Waals surface area contributed by atoms with Gasteiger partial charge in [0.2, 0.25) is 5.89 Å². The number of aromatic nitrogens is 2. The second kappa shape index (κ2) is 6.57. The van der Waals surface area contributed by atoms with Gasteiger partial charge in [-0.25, -0.2) is 0 Å². The summed E-state index contributed by atoms with van der Waals surface area (Å²) in [6, 6.07) is 5.46. The summed E-state index contributed by atoms with van der Waals surface area (Å²) in [5.74, 6) is 0.378. The fraction of sp³-hybridized carbons (Fsp3) is 0.385. The number of anilines is 1. The minimum absolute atomic E-state index is 0.0431. The zero-order valence-corrected chi connectivity index (χ0v) is 11.4. The maximum atomic E-state index is 12.8. The molecule has 1 heterocycles. The Kier molecular flexibility index (Phi) is 4.79. The number of halogens is 3. The Labute approximate surface area is 119 Å². The maximum absolute atomic E-state index is 12.8. The van der Waals surface area contributed by atoms with Crippen LogP contribution in [0, 0.1) is 0 Å². The van der Waals surface area contributed by atoms with Crippen LogP contribution in [-0.2, 0) is 19.3 Å². The molecule has 0 amide bonds. The molecule has 114 valence electrons. The van der Waals surface area contributed by atoms with Crippen LogP contribution in [0.4, 0.5) is 19.2 Å². The van der Waals surface area contributed by atoms with Crippen molar-refractivity contribution >= 4 is 6.01 Å². The van der Waals surface area contributed by atoms with E-state index in [1.165, 1.54) is 12.1 Å². The minimum Gasteiger partial charge on any atom is -0.407 e. The van der Waals surface area contributed by atoms with Crippen LogP contribution in [0.1, 0.15) is 23.9 Å². The number of hydrogen-bond acceptors (Lipinski definition) is 5. The maximum Gasteiger partial charge on any atom is 0.416 e. The van der Waals surface area contributed by atoms with E-state index >= 15 is 0 Å². The Morgan fingerprint density at radius 1 is 1.14 bits per heavy atom. The Morgan fingerprint density at radius 2 is 1.90 bits per heavy atom. The fourth-order valence-corrected chi connectivity index (χ4v) is 1.75. The summed E-state index contributed by atoms with van der Waals surface area (Å²) in [6.07, 6.45) is -4.39. The Bertz CT molecular complexity index is 583. The van der Waals surface area contributed by atoms with Crippen molar-refractivity contribution in [2.75, 3.05) is 11.9 Å². The first kappa shape index (κ1) is 15.3. The summed E-state index contributed by atoms with van der Waals surface area (Å²) in [7, 11) is 0. The molecule has 5 nitrogen and oxygen atoms in total. The van der Waals surface area contributed by atoms with Crippen molar-refractivity contribution in [3.63, 3.8) is 0 Å². The molecule has 0 spiro atoms. The van der Waals surface area contributed by atoms with Crippen LogP contribution in [-0.4, -0.2) is 16.7 Å². The smallest absolute Gasteiger partial charge is 0.407 e. The molecule has 0 bridgehead atoms. The zero-order chi connectivity index (χ0) is 15.3. The fourth-order valence-electron chi connectivity index (χ4n) is 1.75. The van der Waals surface area contributed by atoms with Crippen LogP contribution in [0.25, 0.3) is 0 Å². The summed E-state index contributed by atoms with van der Waals surface area (Å²) in [5, 5.41) is 13.2. The highest BCUT2D eigenvalue weighted by atomic mass is 19.4. The average molecular weight is 300 g/mol. The molecular formula is C13H15F3N4O. The highest BCUT2D eigenvalue weighted by molar-refractivity contribution is 5.32. The molecule has 0 unspecified atom stereocenters. The highest BCUT2D eigenvalue weighted by Gasteiger charge is 2.32. The van der Waals surface area contributed by atoms with Crippen LogP contribution in [0.15, 0.2) is 28.7 Å². The number of nitrogens with one attached hydrogen (secondary N) is 2. The molecule has 0 aliphatic carbocycles. The molecule has 0 saturated carbocycles. The molecule has 0 saturated heterocycles. The lowest BCUT2D eigenvalue weighted by Crippen LogP contribution is -2.12. The Morgan fingerprint density at radius 3 is 2.62 bits per heavy atom. The van der Waals surface area contributed by atoms with E-state index in [9.17, 15) is 13.2 Å². The predicted molar refractivity (Wildman–Crippen MR) is 70.4 cm³/mol. The lowest BCUT2D eigenvalue weighted by Gasteiger charge is -2.12. The molecule has 1 aromatic heterocycles. The molecule has 1 aromatic carbocycles. The first-order valence-corrected chi connectivity index (χ1v) is 6.42. The minimum atomic E-state index is -4.39. The topological polar surface area (TPSA) is 63.0 Å².